The first-order chi connectivity index (χ1) is 8.38. The normalized spacial score (nSPS) is 14.1. The van der Waals surface area contributed by atoms with E-state index in [1.54, 1.807) is 0 Å². The van der Waals surface area contributed by atoms with E-state index < -0.39 is 0 Å². The SMILES string of the molecule is Brc1ccccc1N1CCOCC1.CC.CC. The Balaban J connectivity index is 0.000000581. The molecule has 0 atom stereocenters. The van der Waals surface area contributed by atoms with Crippen molar-refractivity contribution in [1.82, 2.24) is 0 Å². The van der Waals surface area contributed by atoms with Gasteiger partial charge in [0.15, 0.2) is 0 Å². The lowest BCUT2D eigenvalue weighted by molar-refractivity contribution is 0.122. The van der Waals surface area contributed by atoms with Crippen molar-refractivity contribution in [2.75, 3.05) is 31.2 Å². The highest BCUT2D eigenvalue weighted by atomic mass is 79.9. The van der Waals surface area contributed by atoms with Gasteiger partial charge in [0.25, 0.3) is 0 Å². The molecule has 0 aromatic heterocycles. The zero-order valence-electron chi connectivity index (χ0n) is 11.4. The van der Waals surface area contributed by atoms with Gasteiger partial charge in [-0.15, -0.1) is 0 Å². The van der Waals surface area contributed by atoms with Crippen molar-refractivity contribution in [3.05, 3.63) is 28.7 Å². The minimum Gasteiger partial charge on any atom is -0.378 e. The molecule has 0 unspecified atom stereocenters. The summed E-state index contributed by atoms with van der Waals surface area (Å²) in [4.78, 5) is 2.34. The molecule has 0 spiro atoms. The predicted molar refractivity (Wildman–Crippen MR) is 79.9 cm³/mol. The standard InChI is InChI=1S/C10H12BrNO.2C2H6/c11-9-3-1-2-4-10(9)12-5-7-13-8-6-12;2*1-2/h1-4H,5-8H2;2*1-2H3. The average molecular weight is 302 g/mol. The van der Waals surface area contributed by atoms with E-state index in [0.717, 1.165) is 30.8 Å². The number of rotatable bonds is 1. The summed E-state index contributed by atoms with van der Waals surface area (Å²) < 4.78 is 6.47. The van der Waals surface area contributed by atoms with Gasteiger partial charge in [-0.25, -0.2) is 0 Å². The molecule has 0 bridgehead atoms. The fourth-order valence-corrected chi connectivity index (χ4v) is 2.05. The lowest BCUT2D eigenvalue weighted by atomic mass is 10.3. The van der Waals surface area contributed by atoms with Crippen LogP contribution in [0.3, 0.4) is 0 Å². The van der Waals surface area contributed by atoms with E-state index in [-0.39, 0.29) is 0 Å². The second kappa shape index (κ2) is 10.6. The Morgan fingerprint density at radius 2 is 1.53 bits per heavy atom. The van der Waals surface area contributed by atoms with Crippen molar-refractivity contribution in [1.29, 1.82) is 0 Å². The summed E-state index contributed by atoms with van der Waals surface area (Å²) in [5.41, 5.74) is 1.27. The van der Waals surface area contributed by atoms with Gasteiger partial charge in [-0.3, -0.25) is 0 Å². The largest absolute Gasteiger partial charge is 0.378 e. The average Bonchev–Trinajstić information content (AvgIpc) is 2.45. The first-order valence-electron chi connectivity index (χ1n) is 6.45. The Morgan fingerprint density at radius 1 is 1.00 bits per heavy atom. The van der Waals surface area contributed by atoms with Crippen LogP contribution in [0.5, 0.6) is 0 Å². The van der Waals surface area contributed by atoms with E-state index in [1.165, 1.54) is 5.69 Å². The molecule has 0 amide bonds. The Kier molecular flexibility index (Phi) is 10.3. The van der Waals surface area contributed by atoms with Crippen LogP contribution in [-0.4, -0.2) is 26.3 Å². The molecule has 1 aliphatic heterocycles. The Bertz CT molecular complexity index is 285. The van der Waals surface area contributed by atoms with Gasteiger partial charge < -0.3 is 9.64 Å². The number of anilines is 1. The monoisotopic (exact) mass is 301 g/mol. The molecule has 3 heteroatoms. The molecule has 17 heavy (non-hydrogen) atoms. The number of halogens is 1. The molecule has 0 aliphatic carbocycles. The van der Waals surface area contributed by atoms with Crippen LogP contribution in [0.2, 0.25) is 0 Å². The highest BCUT2D eigenvalue weighted by Gasteiger charge is 2.12. The van der Waals surface area contributed by atoms with Gasteiger partial charge >= 0.3 is 0 Å². The van der Waals surface area contributed by atoms with Crippen LogP contribution in [0.1, 0.15) is 27.7 Å². The molecule has 1 fully saturated rings. The third kappa shape index (κ3) is 5.55. The van der Waals surface area contributed by atoms with Gasteiger partial charge in [0.05, 0.1) is 18.9 Å². The van der Waals surface area contributed by atoms with Crippen molar-refractivity contribution in [3.63, 3.8) is 0 Å². The lowest BCUT2D eigenvalue weighted by Crippen LogP contribution is -2.36. The van der Waals surface area contributed by atoms with Crippen LogP contribution >= 0.6 is 15.9 Å². The first-order valence-corrected chi connectivity index (χ1v) is 7.24. The van der Waals surface area contributed by atoms with Crippen LogP contribution in [0.25, 0.3) is 0 Å². The Labute approximate surface area is 114 Å². The van der Waals surface area contributed by atoms with Crippen molar-refractivity contribution < 1.29 is 4.74 Å². The molecule has 1 heterocycles. The van der Waals surface area contributed by atoms with E-state index >= 15 is 0 Å². The van der Waals surface area contributed by atoms with Crippen LogP contribution in [0, 0.1) is 0 Å². The number of benzene rings is 1. The lowest BCUT2D eigenvalue weighted by Gasteiger charge is -2.29. The number of hydrogen-bond donors (Lipinski definition) is 0. The highest BCUT2D eigenvalue weighted by molar-refractivity contribution is 9.10. The van der Waals surface area contributed by atoms with Crippen LogP contribution in [0.15, 0.2) is 28.7 Å². The molecule has 98 valence electrons. The molecule has 2 rings (SSSR count). The fourth-order valence-electron chi connectivity index (χ4n) is 1.51. The molecule has 1 aliphatic rings. The minimum absolute atomic E-state index is 0.835. The minimum atomic E-state index is 0.835. The number of morpholine rings is 1. The van der Waals surface area contributed by atoms with Gasteiger partial charge in [0.1, 0.15) is 0 Å². The summed E-state index contributed by atoms with van der Waals surface area (Å²) in [5.74, 6) is 0. The molecular weight excluding hydrogens is 278 g/mol. The quantitative estimate of drug-likeness (QED) is 0.765. The zero-order valence-corrected chi connectivity index (χ0v) is 13.0. The smallest absolute Gasteiger partial charge is 0.0642 e. The first kappa shape index (κ1) is 16.5. The van der Waals surface area contributed by atoms with Crippen molar-refractivity contribution >= 4 is 21.6 Å². The maximum absolute atomic E-state index is 5.30. The predicted octanol–water partition coefficient (Wildman–Crippen LogP) is 4.34. The van der Waals surface area contributed by atoms with Gasteiger partial charge in [-0.05, 0) is 28.1 Å². The van der Waals surface area contributed by atoms with E-state index in [2.05, 4.69) is 39.0 Å². The molecule has 0 saturated carbocycles. The second-order valence-corrected chi connectivity index (χ2v) is 3.91. The summed E-state index contributed by atoms with van der Waals surface area (Å²) in [7, 11) is 0. The molecule has 1 aromatic rings. The fraction of sp³-hybridized carbons (Fsp3) is 0.571. The molecular formula is C14H24BrNO. The maximum Gasteiger partial charge on any atom is 0.0642 e. The van der Waals surface area contributed by atoms with E-state index in [9.17, 15) is 0 Å². The zero-order chi connectivity index (χ0) is 13.1. The summed E-state index contributed by atoms with van der Waals surface area (Å²) in [5, 5.41) is 0. The Morgan fingerprint density at radius 3 is 2.06 bits per heavy atom. The maximum atomic E-state index is 5.30. The van der Waals surface area contributed by atoms with Crippen molar-refractivity contribution in [2.45, 2.75) is 27.7 Å². The van der Waals surface area contributed by atoms with E-state index in [4.69, 9.17) is 4.74 Å². The second-order valence-electron chi connectivity index (χ2n) is 3.05. The number of nitrogens with zero attached hydrogens (tertiary/aromatic N) is 1. The number of hydrogen-bond acceptors (Lipinski definition) is 2. The summed E-state index contributed by atoms with van der Waals surface area (Å²) in [6.45, 7) is 11.6. The highest BCUT2D eigenvalue weighted by Crippen LogP contribution is 2.25. The number of ether oxygens (including phenoxy) is 1. The third-order valence-electron chi connectivity index (χ3n) is 2.20. The van der Waals surface area contributed by atoms with E-state index in [1.807, 2.05) is 33.8 Å². The molecule has 0 radical (unpaired) electrons. The van der Waals surface area contributed by atoms with Crippen molar-refractivity contribution in [3.8, 4) is 0 Å². The van der Waals surface area contributed by atoms with Gasteiger partial charge in [0.2, 0.25) is 0 Å². The van der Waals surface area contributed by atoms with E-state index in [0.29, 0.717) is 0 Å². The number of para-hydroxylation sites is 1. The van der Waals surface area contributed by atoms with Gasteiger partial charge in [-0.2, -0.15) is 0 Å². The summed E-state index contributed by atoms with van der Waals surface area (Å²) in [6.07, 6.45) is 0. The van der Waals surface area contributed by atoms with Crippen LogP contribution < -0.4 is 4.90 Å². The topological polar surface area (TPSA) is 12.5 Å². The molecule has 0 N–H and O–H groups in total. The Hall–Kier alpha value is -0.540. The molecule has 1 aromatic carbocycles. The summed E-state index contributed by atoms with van der Waals surface area (Å²) >= 11 is 3.55. The van der Waals surface area contributed by atoms with Crippen LogP contribution in [-0.2, 0) is 4.74 Å². The molecule has 1 saturated heterocycles. The molecule has 2 nitrogen and oxygen atoms in total. The van der Waals surface area contributed by atoms with Crippen LogP contribution in [0.4, 0.5) is 5.69 Å². The van der Waals surface area contributed by atoms with Gasteiger partial charge in [0, 0.05) is 17.6 Å². The third-order valence-corrected chi connectivity index (χ3v) is 2.87. The van der Waals surface area contributed by atoms with Crippen molar-refractivity contribution in [2.24, 2.45) is 0 Å². The summed E-state index contributed by atoms with van der Waals surface area (Å²) in [6, 6.07) is 8.31. The van der Waals surface area contributed by atoms with Gasteiger partial charge in [-0.1, -0.05) is 39.8 Å².